The molecule has 0 aromatic carbocycles. The van der Waals surface area contributed by atoms with Crippen LogP contribution in [0.3, 0.4) is 0 Å². The van der Waals surface area contributed by atoms with Crippen LogP contribution in [-0.2, 0) is 5.60 Å². The molecule has 0 bridgehead atoms. The minimum Gasteiger partial charge on any atom is -0.384 e. The van der Waals surface area contributed by atoms with Gasteiger partial charge in [-0.25, -0.2) is 0 Å². The number of thiophene rings is 1. The third-order valence-corrected chi connectivity index (χ3v) is 4.09. The molecule has 0 aliphatic rings. The van der Waals surface area contributed by atoms with Gasteiger partial charge in [0.25, 0.3) is 0 Å². The zero-order chi connectivity index (χ0) is 12.2. The van der Waals surface area contributed by atoms with Gasteiger partial charge in [-0.15, -0.1) is 0 Å². The minimum atomic E-state index is -0.762. The van der Waals surface area contributed by atoms with Crippen molar-refractivity contribution in [3.05, 3.63) is 22.4 Å². The van der Waals surface area contributed by atoms with E-state index in [1.165, 1.54) is 0 Å². The molecule has 0 radical (unpaired) electrons. The van der Waals surface area contributed by atoms with Crippen LogP contribution in [0.5, 0.6) is 0 Å². The van der Waals surface area contributed by atoms with Crippen molar-refractivity contribution >= 4 is 11.3 Å². The van der Waals surface area contributed by atoms with Gasteiger partial charge in [0.2, 0.25) is 0 Å². The summed E-state index contributed by atoms with van der Waals surface area (Å²) in [5, 5.41) is 17.8. The van der Waals surface area contributed by atoms with E-state index in [0.717, 1.165) is 12.0 Å². The summed E-state index contributed by atoms with van der Waals surface area (Å²) in [6.07, 6.45) is 1.16. The fourth-order valence-electron chi connectivity index (χ4n) is 1.59. The van der Waals surface area contributed by atoms with Crippen molar-refractivity contribution in [2.45, 2.75) is 45.8 Å². The van der Waals surface area contributed by atoms with Crippen molar-refractivity contribution in [3.63, 3.8) is 0 Å². The summed E-state index contributed by atoms with van der Waals surface area (Å²) >= 11 is 1.62. The molecule has 0 saturated heterocycles. The Balaban J connectivity index is 2.48. The Morgan fingerprint density at radius 2 is 2.19 bits per heavy atom. The van der Waals surface area contributed by atoms with Gasteiger partial charge in [0.1, 0.15) is 0 Å². The molecule has 92 valence electrons. The Kier molecular flexibility index (Phi) is 4.96. The molecule has 0 fully saturated rings. The van der Waals surface area contributed by atoms with Crippen molar-refractivity contribution in [3.8, 4) is 0 Å². The van der Waals surface area contributed by atoms with E-state index >= 15 is 0 Å². The quantitative estimate of drug-likeness (QED) is 0.802. The van der Waals surface area contributed by atoms with E-state index in [0.29, 0.717) is 18.5 Å². The van der Waals surface area contributed by atoms with Crippen LogP contribution in [0.1, 0.15) is 39.7 Å². The van der Waals surface area contributed by atoms with Gasteiger partial charge in [-0.05, 0) is 42.2 Å². The zero-order valence-electron chi connectivity index (χ0n) is 10.7. The molecule has 16 heavy (non-hydrogen) atoms. The SMILES string of the molecule is CCC(C)C(C)NCC(C)(O)c1ccsc1. The molecule has 3 atom stereocenters. The predicted octanol–water partition coefficient (Wildman–Crippen LogP) is 2.98. The maximum atomic E-state index is 10.3. The second kappa shape index (κ2) is 5.80. The number of hydrogen-bond donors (Lipinski definition) is 2. The van der Waals surface area contributed by atoms with Gasteiger partial charge in [0.15, 0.2) is 0 Å². The highest BCUT2D eigenvalue weighted by Crippen LogP contribution is 2.22. The summed E-state index contributed by atoms with van der Waals surface area (Å²) in [4.78, 5) is 0. The summed E-state index contributed by atoms with van der Waals surface area (Å²) in [6, 6.07) is 2.43. The number of hydrogen-bond acceptors (Lipinski definition) is 3. The van der Waals surface area contributed by atoms with Gasteiger partial charge in [-0.3, -0.25) is 0 Å². The fraction of sp³-hybridized carbons (Fsp3) is 0.692. The van der Waals surface area contributed by atoms with E-state index in [4.69, 9.17) is 0 Å². The molecule has 0 spiro atoms. The van der Waals surface area contributed by atoms with Crippen LogP contribution in [0.2, 0.25) is 0 Å². The maximum Gasteiger partial charge on any atom is 0.1000 e. The first-order valence-corrected chi connectivity index (χ1v) is 6.90. The summed E-state index contributed by atoms with van der Waals surface area (Å²) in [5.41, 5.74) is 0.239. The zero-order valence-corrected chi connectivity index (χ0v) is 11.5. The van der Waals surface area contributed by atoms with E-state index in [1.807, 2.05) is 23.8 Å². The minimum absolute atomic E-state index is 0.440. The maximum absolute atomic E-state index is 10.3. The smallest absolute Gasteiger partial charge is 0.1000 e. The summed E-state index contributed by atoms with van der Waals surface area (Å²) in [7, 11) is 0. The van der Waals surface area contributed by atoms with E-state index in [1.54, 1.807) is 11.3 Å². The molecule has 0 aliphatic heterocycles. The lowest BCUT2D eigenvalue weighted by Crippen LogP contribution is -2.41. The molecule has 0 saturated carbocycles. The van der Waals surface area contributed by atoms with Gasteiger partial charge in [0.05, 0.1) is 5.60 Å². The lowest BCUT2D eigenvalue weighted by Gasteiger charge is -2.27. The average Bonchev–Trinajstić information content (AvgIpc) is 2.78. The van der Waals surface area contributed by atoms with E-state index < -0.39 is 5.60 Å². The Labute approximate surface area is 103 Å². The molecule has 3 heteroatoms. The van der Waals surface area contributed by atoms with Crippen LogP contribution in [0.15, 0.2) is 16.8 Å². The van der Waals surface area contributed by atoms with Crippen LogP contribution in [0.25, 0.3) is 0 Å². The van der Waals surface area contributed by atoms with E-state index in [-0.39, 0.29) is 0 Å². The molecular weight excluding hydrogens is 218 g/mol. The monoisotopic (exact) mass is 241 g/mol. The molecule has 3 unspecified atom stereocenters. The normalized spacial score (nSPS) is 19.1. The molecule has 2 N–H and O–H groups in total. The molecular formula is C13H23NOS. The molecule has 1 aromatic rings. The molecule has 0 aliphatic carbocycles. The summed E-state index contributed by atoms with van der Waals surface area (Å²) in [6.45, 7) is 9.08. The Morgan fingerprint density at radius 3 is 2.69 bits per heavy atom. The predicted molar refractivity (Wildman–Crippen MR) is 70.8 cm³/mol. The molecule has 1 rings (SSSR count). The highest BCUT2D eigenvalue weighted by Gasteiger charge is 2.24. The lowest BCUT2D eigenvalue weighted by molar-refractivity contribution is 0.0527. The first-order valence-electron chi connectivity index (χ1n) is 5.95. The Bertz CT molecular complexity index is 295. The van der Waals surface area contributed by atoms with Crippen LogP contribution in [0.4, 0.5) is 0 Å². The van der Waals surface area contributed by atoms with Crippen LogP contribution in [-0.4, -0.2) is 17.7 Å². The molecule has 1 aromatic heterocycles. The number of nitrogens with one attached hydrogen (secondary N) is 1. The molecule has 1 heterocycles. The second-order valence-corrected chi connectivity index (χ2v) is 5.62. The van der Waals surface area contributed by atoms with E-state index in [2.05, 4.69) is 26.1 Å². The van der Waals surface area contributed by atoms with Crippen LogP contribution < -0.4 is 5.32 Å². The first-order chi connectivity index (χ1) is 7.47. The number of rotatable bonds is 6. The average molecular weight is 241 g/mol. The Hall–Kier alpha value is -0.380. The van der Waals surface area contributed by atoms with Gasteiger partial charge in [-0.1, -0.05) is 20.3 Å². The highest BCUT2D eigenvalue weighted by molar-refractivity contribution is 7.08. The van der Waals surface area contributed by atoms with Crippen molar-refractivity contribution in [2.24, 2.45) is 5.92 Å². The third-order valence-electron chi connectivity index (χ3n) is 3.41. The van der Waals surface area contributed by atoms with Crippen molar-refractivity contribution in [1.29, 1.82) is 0 Å². The summed E-state index contributed by atoms with van der Waals surface area (Å²) < 4.78 is 0. The Morgan fingerprint density at radius 1 is 1.50 bits per heavy atom. The topological polar surface area (TPSA) is 32.3 Å². The van der Waals surface area contributed by atoms with Crippen LogP contribution >= 0.6 is 11.3 Å². The molecule has 0 amide bonds. The van der Waals surface area contributed by atoms with Crippen molar-refractivity contribution in [1.82, 2.24) is 5.32 Å². The third kappa shape index (κ3) is 3.58. The molecule has 2 nitrogen and oxygen atoms in total. The van der Waals surface area contributed by atoms with Gasteiger partial charge in [-0.2, -0.15) is 11.3 Å². The van der Waals surface area contributed by atoms with Crippen LogP contribution in [0, 0.1) is 5.92 Å². The standard InChI is InChI=1S/C13H23NOS/c1-5-10(2)11(3)14-9-13(4,15)12-6-7-16-8-12/h6-8,10-11,14-15H,5,9H2,1-4H3. The van der Waals surface area contributed by atoms with Crippen molar-refractivity contribution in [2.75, 3.05) is 6.54 Å². The first kappa shape index (κ1) is 13.7. The van der Waals surface area contributed by atoms with Gasteiger partial charge < -0.3 is 10.4 Å². The number of aliphatic hydroxyl groups is 1. The van der Waals surface area contributed by atoms with Crippen molar-refractivity contribution < 1.29 is 5.11 Å². The van der Waals surface area contributed by atoms with E-state index in [9.17, 15) is 5.11 Å². The largest absolute Gasteiger partial charge is 0.384 e. The highest BCUT2D eigenvalue weighted by atomic mass is 32.1. The second-order valence-electron chi connectivity index (χ2n) is 4.84. The summed E-state index contributed by atoms with van der Waals surface area (Å²) in [5.74, 6) is 0.637. The van der Waals surface area contributed by atoms with Gasteiger partial charge >= 0.3 is 0 Å². The fourth-order valence-corrected chi connectivity index (χ4v) is 2.37. The lowest BCUT2D eigenvalue weighted by atomic mass is 9.96. The van der Waals surface area contributed by atoms with Gasteiger partial charge in [0, 0.05) is 12.6 Å².